The number of thiophene rings is 1. The van der Waals surface area contributed by atoms with Crippen LogP contribution >= 0.6 is 11.3 Å². The molecule has 13 heteroatoms. The maximum absolute atomic E-state index is 12.9. The Kier molecular flexibility index (Phi) is 7.10. The summed E-state index contributed by atoms with van der Waals surface area (Å²) < 4.78 is 34.1. The van der Waals surface area contributed by atoms with Gasteiger partial charge in [-0.2, -0.15) is 14.5 Å². The van der Waals surface area contributed by atoms with Crippen molar-refractivity contribution in [2.75, 3.05) is 31.7 Å². The standard InChI is InChI=1S/C24H22N6O5S2/c31-30(32)22-15-20(37(33,34)28-10-12-35-13-11-28)8-9-21(22)26-25-16-18-17-29(19-5-2-1-3-6-19)27-24(18)23-7-4-14-36-23/h1-9,14-17,26H,10-13H2/b25-16+. The van der Waals surface area contributed by atoms with Gasteiger partial charge in [-0.1, -0.05) is 24.3 Å². The third-order valence-electron chi connectivity index (χ3n) is 5.68. The number of nitro groups is 1. The second-order valence-corrected chi connectivity index (χ2v) is 10.9. The van der Waals surface area contributed by atoms with Crippen LogP contribution in [0.25, 0.3) is 16.3 Å². The third kappa shape index (κ3) is 5.29. The van der Waals surface area contributed by atoms with E-state index in [2.05, 4.69) is 10.5 Å². The van der Waals surface area contributed by atoms with Crippen LogP contribution in [0.3, 0.4) is 0 Å². The molecule has 2 aromatic heterocycles. The first-order valence-electron chi connectivity index (χ1n) is 11.3. The monoisotopic (exact) mass is 538 g/mol. The second kappa shape index (κ2) is 10.6. The van der Waals surface area contributed by atoms with Crippen molar-refractivity contribution >= 4 is 38.9 Å². The lowest BCUT2D eigenvalue weighted by molar-refractivity contribution is -0.384. The van der Waals surface area contributed by atoms with Crippen molar-refractivity contribution in [3.63, 3.8) is 0 Å². The quantitative estimate of drug-likeness (QED) is 0.204. The number of nitrogens with zero attached hydrogens (tertiary/aromatic N) is 5. The number of hydrogen-bond donors (Lipinski definition) is 1. The van der Waals surface area contributed by atoms with E-state index in [0.29, 0.717) is 11.3 Å². The lowest BCUT2D eigenvalue weighted by atomic mass is 10.2. The molecular weight excluding hydrogens is 516 g/mol. The molecule has 0 radical (unpaired) electrons. The lowest BCUT2D eigenvalue weighted by Crippen LogP contribution is -2.40. The van der Waals surface area contributed by atoms with Gasteiger partial charge in [0.05, 0.1) is 39.8 Å². The predicted molar refractivity (Wildman–Crippen MR) is 141 cm³/mol. The zero-order chi connectivity index (χ0) is 25.8. The SMILES string of the molecule is O=[N+]([O-])c1cc(S(=O)(=O)N2CCOCC2)ccc1N/N=C/c1cn(-c2ccccc2)nc1-c1cccs1. The van der Waals surface area contributed by atoms with E-state index in [0.717, 1.165) is 16.6 Å². The van der Waals surface area contributed by atoms with Gasteiger partial charge >= 0.3 is 0 Å². The van der Waals surface area contributed by atoms with Gasteiger partial charge in [0.1, 0.15) is 11.4 Å². The number of rotatable bonds is 8. The number of anilines is 1. The molecule has 3 heterocycles. The van der Waals surface area contributed by atoms with Crippen molar-refractivity contribution < 1.29 is 18.1 Å². The van der Waals surface area contributed by atoms with Gasteiger partial charge in [-0.25, -0.2) is 13.1 Å². The molecule has 0 unspecified atom stereocenters. The summed E-state index contributed by atoms with van der Waals surface area (Å²) >= 11 is 1.53. The van der Waals surface area contributed by atoms with Crippen molar-refractivity contribution in [3.05, 3.63) is 87.9 Å². The number of nitrogens with one attached hydrogen (secondary N) is 1. The summed E-state index contributed by atoms with van der Waals surface area (Å²) in [6.07, 6.45) is 3.35. The number of sulfonamides is 1. The number of para-hydroxylation sites is 1. The van der Waals surface area contributed by atoms with Gasteiger partial charge in [0.15, 0.2) is 0 Å². The summed E-state index contributed by atoms with van der Waals surface area (Å²) in [4.78, 5) is 11.9. The Morgan fingerprint density at radius 1 is 1.11 bits per heavy atom. The summed E-state index contributed by atoms with van der Waals surface area (Å²) in [5.41, 5.74) is 4.65. The molecule has 1 saturated heterocycles. The van der Waals surface area contributed by atoms with Crippen molar-refractivity contribution in [1.29, 1.82) is 0 Å². The maximum atomic E-state index is 12.9. The van der Waals surface area contributed by atoms with Crippen LogP contribution < -0.4 is 5.43 Å². The Hall–Kier alpha value is -3.91. The van der Waals surface area contributed by atoms with Gasteiger partial charge < -0.3 is 4.74 Å². The van der Waals surface area contributed by atoms with Crippen LogP contribution in [0.4, 0.5) is 11.4 Å². The first-order chi connectivity index (χ1) is 17.9. The Bertz CT molecular complexity index is 1530. The van der Waals surface area contributed by atoms with E-state index in [9.17, 15) is 18.5 Å². The van der Waals surface area contributed by atoms with Crippen molar-refractivity contribution in [2.45, 2.75) is 4.90 Å². The Labute approximate surface area is 216 Å². The van der Waals surface area contributed by atoms with Crippen LogP contribution in [0.15, 0.2) is 82.2 Å². The molecule has 0 atom stereocenters. The summed E-state index contributed by atoms with van der Waals surface area (Å²) in [5.74, 6) is 0. The molecule has 1 aliphatic heterocycles. The van der Waals surface area contributed by atoms with Crippen molar-refractivity contribution in [1.82, 2.24) is 14.1 Å². The predicted octanol–water partition coefficient (Wildman–Crippen LogP) is 3.98. The van der Waals surface area contributed by atoms with E-state index in [1.807, 2.05) is 54.0 Å². The number of hydrogen-bond acceptors (Lipinski definition) is 9. The minimum absolute atomic E-state index is 0.0651. The molecule has 1 fully saturated rings. The minimum Gasteiger partial charge on any atom is -0.379 e. The second-order valence-electron chi connectivity index (χ2n) is 8.01. The van der Waals surface area contributed by atoms with Gasteiger partial charge in [0, 0.05) is 30.9 Å². The molecule has 0 saturated carbocycles. The summed E-state index contributed by atoms with van der Waals surface area (Å²) in [5, 5.41) is 22.6. The number of aromatic nitrogens is 2. The molecule has 0 bridgehead atoms. The summed E-state index contributed by atoms with van der Waals surface area (Å²) in [7, 11) is -3.88. The number of morpholine rings is 1. The molecule has 1 aliphatic rings. The van der Waals surface area contributed by atoms with Gasteiger partial charge in [-0.15, -0.1) is 11.3 Å². The van der Waals surface area contributed by atoms with Crippen LogP contribution in [0, 0.1) is 10.1 Å². The van der Waals surface area contributed by atoms with E-state index in [1.165, 1.54) is 34.0 Å². The average Bonchev–Trinajstić information content (AvgIpc) is 3.60. The summed E-state index contributed by atoms with van der Waals surface area (Å²) in [6, 6.07) is 17.2. The largest absolute Gasteiger partial charge is 0.379 e. The fraction of sp³-hybridized carbons (Fsp3) is 0.167. The van der Waals surface area contributed by atoms with Crippen LogP contribution in [0.1, 0.15) is 5.56 Å². The molecule has 1 N–H and O–H groups in total. The highest BCUT2D eigenvalue weighted by molar-refractivity contribution is 7.89. The first-order valence-corrected chi connectivity index (χ1v) is 13.6. The van der Waals surface area contributed by atoms with Gasteiger partial charge in [0.2, 0.25) is 10.0 Å². The van der Waals surface area contributed by atoms with Crippen molar-refractivity contribution in [3.8, 4) is 16.3 Å². The smallest absolute Gasteiger partial charge is 0.295 e. The molecule has 11 nitrogen and oxygen atoms in total. The Balaban J connectivity index is 1.42. The first kappa shape index (κ1) is 24.8. The van der Waals surface area contributed by atoms with Crippen molar-refractivity contribution in [2.24, 2.45) is 5.10 Å². The fourth-order valence-electron chi connectivity index (χ4n) is 3.82. The van der Waals surface area contributed by atoms with Gasteiger partial charge in [-0.05, 0) is 35.7 Å². The molecule has 190 valence electrons. The number of ether oxygens (including phenoxy) is 1. The molecule has 0 amide bonds. The van der Waals surface area contributed by atoms with E-state index in [4.69, 9.17) is 9.84 Å². The molecule has 2 aromatic carbocycles. The number of benzene rings is 2. The maximum Gasteiger partial charge on any atom is 0.295 e. The number of hydrazone groups is 1. The van der Waals surface area contributed by atoms with Crippen LogP contribution in [0.2, 0.25) is 0 Å². The molecule has 4 aromatic rings. The molecule has 0 aliphatic carbocycles. The highest BCUT2D eigenvalue weighted by Crippen LogP contribution is 2.30. The van der Waals surface area contributed by atoms with Crippen LogP contribution in [-0.4, -0.2) is 59.9 Å². The highest BCUT2D eigenvalue weighted by Gasteiger charge is 2.29. The van der Waals surface area contributed by atoms with E-state index in [1.54, 1.807) is 4.68 Å². The topological polar surface area (TPSA) is 132 Å². The summed E-state index contributed by atoms with van der Waals surface area (Å²) in [6.45, 7) is 0.960. The average molecular weight is 539 g/mol. The van der Waals surface area contributed by atoms with Crippen LogP contribution in [-0.2, 0) is 14.8 Å². The molecule has 37 heavy (non-hydrogen) atoms. The van der Waals surface area contributed by atoms with E-state index < -0.39 is 20.6 Å². The van der Waals surface area contributed by atoms with Gasteiger partial charge in [0.25, 0.3) is 5.69 Å². The minimum atomic E-state index is -3.88. The molecule has 0 spiro atoms. The van der Waals surface area contributed by atoms with Gasteiger partial charge in [-0.3, -0.25) is 15.5 Å². The van der Waals surface area contributed by atoms with E-state index >= 15 is 0 Å². The number of nitro benzene ring substituents is 1. The van der Waals surface area contributed by atoms with E-state index in [-0.39, 0.29) is 36.9 Å². The normalized spacial score (nSPS) is 14.7. The van der Waals surface area contributed by atoms with Crippen LogP contribution in [0.5, 0.6) is 0 Å². The Morgan fingerprint density at radius 3 is 2.59 bits per heavy atom. The zero-order valence-electron chi connectivity index (χ0n) is 19.4. The molecular formula is C24H22N6O5S2. The lowest BCUT2D eigenvalue weighted by Gasteiger charge is -2.26. The fourth-order valence-corrected chi connectivity index (χ4v) is 5.98. The highest BCUT2D eigenvalue weighted by atomic mass is 32.2. The molecule has 5 rings (SSSR count). The Morgan fingerprint density at radius 2 is 1.89 bits per heavy atom. The third-order valence-corrected chi connectivity index (χ3v) is 8.45. The zero-order valence-corrected chi connectivity index (χ0v) is 21.1.